The molecule has 0 aromatic carbocycles. The number of amides is 2. The van der Waals surface area contributed by atoms with E-state index in [1.165, 1.54) is 32.1 Å². The molecule has 3 nitrogen and oxygen atoms in total. The summed E-state index contributed by atoms with van der Waals surface area (Å²) < 4.78 is 0. The van der Waals surface area contributed by atoms with Gasteiger partial charge in [-0.2, -0.15) is 0 Å². The summed E-state index contributed by atoms with van der Waals surface area (Å²) in [4.78, 5) is 10.6. The van der Waals surface area contributed by atoms with Gasteiger partial charge in [-0.25, -0.2) is 4.79 Å². The summed E-state index contributed by atoms with van der Waals surface area (Å²) >= 11 is 0. The largest absolute Gasteiger partial charge is 0.352 e. The first kappa shape index (κ1) is 11.3. The first-order chi connectivity index (χ1) is 6.52. The molecule has 0 unspecified atom stereocenters. The van der Waals surface area contributed by atoms with Crippen LogP contribution in [-0.4, -0.2) is 12.6 Å². The number of primary amides is 1. The maximum atomic E-state index is 10.6. The second kappa shape index (κ2) is 4.67. The Hall–Kier alpha value is -0.730. The van der Waals surface area contributed by atoms with Gasteiger partial charge in [-0.05, 0) is 24.2 Å². The van der Waals surface area contributed by atoms with E-state index >= 15 is 0 Å². The van der Waals surface area contributed by atoms with Crippen LogP contribution in [0.15, 0.2) is 0 Å². The number of carbonyl (C=O) groups is 1. The number of hydrogen-bond donors (Lipinski definition) is 2. The molecule has 14 heavy (non-hydrogen) atoms. The van der Waals surface area contributed by atoms with Crippen molar-refractivity contribution in [3.8, 4) is 0 Å². The van der Waals surface area contributed by atoms with Crippen LogP contribution >= 0.6 is 0 Å². The van der Waals surface area contributed by atoms with Gasteiger partial charge >= 0.3 is 6.03 Å². The minimum Gasteiger partial charge on any atom is -0.352 e. The van der Waals surface area contributed by atoms with E-state index in [0.717, 1.165) is 5.92 Å². The zero-order valence-corrected chi connectivity index (χ0v) is 9.31. The fourth-order valence-electron chi connectivity index (χ4n) is 2.34. The smallest absolute Gasteiger partial charge is 0.312 e. The average molecular weight is 198 g/mol. The highest BCUT2D eigenvalue weighted by molar-refractivity contribution is 5.71. The van der Waals surface area contributed by atoms with Crippen molar-refractivity contribution in [1.29, 1.82) is 0 Å². The topological polar surface area (TPSA) is 55.1 Å². The Balaban J connectivity index is 2.41. The summed E-state index contributed by atoms with van der Waals surface area (Å²) in [6, 6.07) is -0.408. The van der Waals surface area contributed by atoms with E-state index in [2.05, 4.69) is 19.2 Å². The third-order valence-electron chi connectivity index (χ3n) is 3.43. The van der Waals surface area contributed by atoms with Gasteiger partial charge in [0.15, 0.2) is 0 Å². The monoisotopic (exact) mass is 198 g/mol. The van der Waals surface area contributed by atoms with Crippen LogP contribution in [0.4, 0.5) is 4.79 Å². The van der Waals surface area contributed by atoms with E-state index in [4.69, 9.17) is 5.73 Å². The van der Waals surface area contributed by atoms with Crippen LogP contribution in [0.5, 0.6) is 0 Å². The lowest BCUT2D eigenvalue weighted by Crippen LogP contribution is -2.41. The van der Waals surface area contributed by atoms with Gasteiger partial charge in [0.2, 0.25) is 0 Å². The fraction of sp³-hybridized carbons (Fsp3) is 0.909. The van der Waals surface area contributed by atoms with E-state index in [1.807, 2.05) is 0 Å². The summed E-state index contributed by atoms with van der Waals surface area (Å²) in [5.74, 6) is 0.739. The molecule has 1 rings (SSSR count). The lowest BCUT2D eigenvalue weighted by Gasteiger charge is -2.37. The molecule has 0 saturated heterocycles. The Bertz CT molecular complexity index is 195. The zero-order chi connectivity index (χ0) is 10.6. The Labute approximate surface area is 86.4 Å². The molecule has 82 valence electrons. The third-order valence-corrected chi connectivity index (χ3v) is 3.43. The van der Waals surface area contributed by atoms with Gasteiger partial charge in [-0.15, -0.1) is 0 Å². The van der Waals surface area contributed by atoms with Crippen molar-refractivity contribution in [3.63, 3.8) is 0 Å². The summed E-state index contributed by atoms with van der Waals surface area (Å²) in [6.45, 7) is 5.14. The normalized spacial score (nSPS) is 19.3. The predicted molar refractivity (Wildman–Crippen MR) is 57.9 cm³/mol. The molecule has 0 spiro atoms. The first-order valence-corrected chi connectivity index (χ1v) is 5.56. The molecule has 1 fully saturated rings. The van der Waals surface area contributed by atoms with Gasteiger partial charge in [-0.3, -0.25) is 0 Å². The molecule has 0 aromatic rings. The highest BCUT2D eigenvalue weighted by Crippen LogP contribution is 2.37. The van der Waals surface area contributed by atoms with E-state index in [0.29, 0.717) is 6.54 Å². The number of carbonyl (C=O) groups excluding carboxylic acids is 1. The van der Waals surface area contributed by atoms with Crippen molar-refractivity contribution in [2.24, 2.45) is 17.1 Å². The Morgan fingerprint density at radius 3 is 2.43 bits per heavy atom. The maximum absolute atomic E-state index is 10.6. The SMILES string of the molecule is CC(C)(CNC(N)=O)C1CCCCC1. The highest BCUT2D eigenvalue weighted by atomic mass is 16.2. The van der Waals surface area contributed by atoms with Crippen molar-refractivity contribution in [2.75, 3.05) is 6.54 Å². The zero-order valence-electron chi connectivity index (χ0n) is 9.31. The van der Waals surface area contributed by atoms with Crippen LogP contribution in [-0.2, 0) is 0 Å². The number of nitrogens with one attached hydrogen (secondary N) is 1. The van der Waals surface area contributed by atoms with Crippen LogP contribution in [0.25, 0.3) is 0 Å². The molecule has 0 radical (unpaired) electrons. The lowest BCUT2D eigenvalue weighted by molar-refractivity contribution is 0.155. The molecule has 1 aliphatic carbocycles. The van der Waals surface area contributed by atoms with Gasteiger partial charge in [0, 0.05) is 6.54 Å². The highest BCUT2D eigenvalue weighted by Gasteiger charge is 2.30. The minimum absolute atomic E-state index is 0.190. The molecule has 3 N–H and O–H groups in total. The average Bonchev–Trinajstić information content (AvgIpc) is 2.16. The first-order valence-electron chi connectivity index (χ1n) is 5.56. The van der Waals surface area contributed by atoms with Crippen molar-refractivity contribution in [2.45, 2.75) is 46.0 Å². The van der Waals surface area contributed by atoms with E-state index in [-0.39, 0.29) is 5.41 Å². The van der Waals surface area contributed by atoms with Crippen LogP contribution < -0.4 is 11.1 Å². The molecular weight excluding hydrogens is 176 g/mol. The molecule has 0 atom stereocenters. The number of urea groups is 1. The number of nitrogens with two attached hydrogens (primary N) is 1. The van der Waals surface area contributed by atoms with E-state index in [9.17, 15) is 4.79 Å². The fourth-order valence-corrected chi connectivity index (χ4v) is 2.34. The molecule has 0 aliphatic heterocycles. The molecule has 3 heteroatoms. The van der Waals surface area contributed by atoms with Crippen LogP contribution in [0, 0.1) is 11.3 Å². The van der Waals surface area contributed by atoms with Gasteiger partial charge < -0.3 is 11.1 Å². The summed E-state index contributed by atoms with van der Waals surface area (Å²) in [7, 11) is 0. The van der Waals surface area contributed by atoms with Crippen molar-refractivity contribution in [1.82, 2.24) is 5.32 Å². The Morgan fingerprint density at radius 1 is 1.36 bits per heavy atom. The van der Waals surface area contributed by atoms with Crippen LogP contribution in [0.3, 0.4) is 0 Å². The molecule has 0 heterocycles. The molecular formula is C11H22N2O. The van der Waals surface area contributed by atoms with Gasteiger partial charge in [-0.1, -0.05) is 33.1 Å². The summed E-state index contributed by atoms with van der Waals surface area (Å²) in [6.07, 6.45) is 6.64. The van der Waals surface area contributed by atoms with Crippen molar-refractivity contribution in [3.05, 3.63) is 0 Å². The Kier molecular flexibility index (Phi) is 3.78. The Morgan fingerprint density at radius 2 is 1.93 bits per heavy atom. The van der Waals surface area contributed by atoms with Crippen molar-refractivity contribution >= 4 is 6.03 Å². The molecule has 1 saturated carbocycles. The second-order valence-electron chi connectivity index (χ2n) is 5.04. The lowest BCUT2D eigenvalue weighted by atomic mass is 9.71. The second-order valence-corrected chi connectivity index (χ2v) is 5.04. The minimum atomic E-state index is -0.408. The number of rotatable bonds is 3. The quantitative estimate of drug-likeness (QED) is 0.718. The maximum Gasteiger partial charge on any atom is 0.312 e. The molecule has 0 aromatic heterocycles. The summed E-state index contributed by atoms with van der Waals surface area (Å²) in [5.41, 5.74) is 5.27. The van der Waals surface area contributed by atoms with E-state index < -0.39 is 6.03 Å². The van der Waals surface area contributed by atoms with Gasteiger partial charge in [0.1, 0.15) is 0 Å². The molecule has 0 bridgehead atoms. The van der Waals surface area contributed by atoms with Gasteiger partial charge in [0.05, 0.1) is 0 Å². The standard InChI is InChI=1S/C11H22N2O/c1-11(2,8-13-10(12)14)9-6-4-3-5-7-9/h9H,3-8H2,1-2H3,(H3,12,13,14). The van der Waals surface area contributed by atoms with E-state index in [1.54, 1.807) is 0 Å². The number of hydrogen-bond acceptors (Lipinski definition) is 1. The van der Waals surface area contributed by atoms with Crippen LogP contribution in [0.2, 0.25) is 0 Å². The van der Waals surface area contributed by atoms with Gasteiger partial charge in [0.25, 0.3) is 0 Å². The predicted octanol–water partition coefficient (Wildman–Crippen LogP) is 2.26. The molecule has 1 aliphatic rings. The van der Waals surface area contributed by atoms with Crippen molar-refractivity contribution < 1.29 is 4.79 Å². The summed E-state index contributed by atoms with van der Waals surface area (Å²) in [5, 5.41) is 2.72. The molecule has 2 amide bonds. The third kappa shape index (κ3) is 3.20. The van der Waals surface area contributed by atoms with Crippen LogP contribution in [0.1, 0.15) is 46.0 Å².